The molecule has 1 N–H and O–H groups in total. The minimum atomic E-state index is -0.519. The number of hydrogen-bond donors (Lipinski definition) is 1. The second-order valence-corrected chi connectivity index (χ2v) is 5.02. The summed E-state index contributed by atoms with van der Waals surface area (Å²) in [6.45, 7) is 3.27. The van der Waals surface area contributed by atoms with Gasteiger partial charge in [-0.3, -0.25) is 4.79 Å². The van der Waals surface area contributed by atoms with Crippen LogP contribution in [0, 0.1) is 12.7 Å². The Hall–Kier alpha value is -2.89. The summed E-state index contributed by atoms with van der Waals surface area (Å²) in [4.78, 5) is 23.7. The van der Waals surface area contributed by atoms with Crippen molar-refractivity contribution in [3.8, 4) is 5.75 Å². The molecule has 0 aliphatic heterocycles. The van der Waals surface area contributed by atoms with E-state index in [9.17, 15) is 14.0 Å². The number of ether oxygens (including phenoxy) is 2. The van der Waals surface area contributed by atoms with Crippen molar-refractivity contribution in [2.75, 3.05) is 18.5 Å². The smallest absolute Gasteiger partial charge is 0.341 e. The number of anilines is 1. The van der Waals surface area contributed by atoms with Crippen LogP contribution in [0.25, 0.3) is 0 Å². The maximum absolute atomic E-state index is 13.5. The highest BCUT2D eigenvalue weighted by atomic mass is 19.1. The number of carbonyl (C=O) groups is 2. The number of carbonyl (C=O) groups excluding carboxylic acids is 2. The molecule has 2 aromatic rings. The summed E-state index contributed by atoms with van der Waals surface area (Å²) >= 11 is 0. The standard InChI is InChI=1S/C18H18FNO4/c1-3-23-18(22)14-6-4-5-7-16(14)24-11-17(21)20-13-9-8-12(2)15(19)10-13/h4-10H,3,11H2,1-2H3,(H,20,21). The molecule has 0 bridgehead atoms. The highest BCUT2D eigenvalue weighted by Gasteiger charge is 2.14. The molecule has 5 nitrogen and oxygen atoms in total. The quantitative estimate of drug-likeness (QED) is 0.825. The van der Waals surface area contributed by atoms with E-state index in [0.717, 1.165) is 0 Å². The summed E-state index contributed by atoms with van der Waals surface area (Å²) in [5.74, 6) is -1.13. The van der Waals surface area contributed by atoms with Crippen molar-refractivity contribution in [3.05, 3.63) is 59.4 Å². The summed E-state index contributed by atoms with van der Waals surface area (Å²) in [7, 11) is 0. The number of halogens is 1. The molecule has 0 aliphatic rings. The predicted octanol–water partition coefficient (Wildman–Crippen LogP) is 3.33. The number of para-hydroxylation sites is 1. The maximum Gasteiger partial charge on any atom is 0.341 e. The molecule has 126 valence electrons. The van der Waals surface area contributed by atoms with Crippen LogP contribution < -0.4 is 10.1 Å². The van der Waals surface area contributed by atoms with Crippen LogP contribution in [0.5, 0.6) is 5.75 Å². The van der Waals surface area contributed by atoms with Crippen LogP contribution in [0.15, 0.2) is 42.5 Å². The van der Waals surface area contributed by atoms with E-state index in [-0.39, 0.29) is 24.5 Å². The number of aryl methyl sites for hydroxylation is 1. The van der Waals surface area contributed by atoms with Crippen LogP contribution in [-0.4, -0.2) is 25.1 Å². The summed E-state index contributed by atoms with van der Waals surface area (Å²) < 4.78 is 23.8. The highest BCUT2D eigenvalue weighted by Crippen LogP contribution is 2.19. The first-order valence-electron chi connectivity index (χ1n) is 7.46. The average Bonchev–Trinajstić information content (AvgIpc) is 2.57. The van der Waals surface area contributed by atoms with Gasteiger partial charge in [0.05, 0.1) is 6.61 Å². The van der Waals surface area contributed by atoms with Crippen LogP contribution in [0.2, 0.25) is 0 Å². The number of esters is 1. The number of hydrogen-bond acceptors (Lipinski definition) is 4. The van der Waals surface area contributed by atoms with Crippen molar-refractivity contribution in [2.24, 2.45) is 0 Å². The molecule has 0 heterocycles. The van der Waals surface area contributed by atoms with Gasteiger partial charge in [0.2, 0.25) is 0 Å². The Balaban J connectivity index is 1.99. The molecule has 0 saturated heterocycles. The molecule has 0 spiro atoms. The minimum absolute atomic E-state index is 0.243. The van der Waals surface area contributed by atoms with Crippen molar-refractivity contribution >= 4 is 17.6 Å². The van der Waals surface area contributed by atoms with Crippen LogP contribution in [0.3, 0.4) is 0 Å². The Morgan fingerprint density at radius 3 is 2.62 bits per heavy atom. The van der Waals surface area contributed by atoms with Gasteiger partial charge in [-0.2, -0.15) is 0 Å². The average molecular weight is 331 g/mol. The summed E-state index contributed by atoms with van der Waals surface area (Å²) in [6, 6.07) is 10.9. The second kappa shape index (κ2) is 8.10. The lowest BCUT2D eigenvalue weighted by Crippen LogP contribution is -2.21. The lowest BCUT2D eigenvalue weighted by Gasteiger charge is -2.11. The second-order valence-electron chi connectivity index (χ2n) is 5.02. The summed E-state index contributed by atoms with van der Waals surface area (Å²) in [6.07, 6.45) is 0. The van der Waals surface area contributed by atoms with Crippen LogP contribution in [0.4, 0.5) is 10.1 Å². The molecule has 0 atom stereocenters. The maximum atomic E-state index is 13.5. The topological polar surface area (TPSA) is 64.6 Å². The SMILES string of the molecule is CCOC(=O)c1ccccc1OCC(=O)Nc1ccc(C)c(F)c1. The first-order chi connectivity index (χ1) is 11.5. The molecule has 6 heteroatoms. The van der Waals surface area contributed by atoms with E-state index in [2.05, 4.69) is 5.32 Å². The van der Waals surface area contributed by atoms with Gasteiger partial charge < -0.3 is 14.8 Å². The monoisotopic (exact) mass is 331 g/mol. The first kappa shape index (κ1) is 17.5. The van der Waals surface area contributed by atoms with Gasteiger partial charge in [0, 0.05) is 5.69 Å². The lowest BCUT2D eigenvalue weighted by molar-refractivity contribution is -0.118. The van der Waals surface area contributed by atoms with Gasteiger partial charge in [-0.05, 0) is 43.7 Å². The molecule has 0 aromatic heterocycles. The third-order valence-corrected chi connectivity index (χ3v) is 3.20. The zero-order chi connectivity index (χ0) is 17.5. The molecule has 1 amide bonds. The van der Waals surface area contributed by atoms with Gasteiger partial charge in [0.15, 0.2) is 6.61 Å². The van der Waals surface area contributed by atoms with Crippen molar-refractivity contribution < 1.29 is 23.5 Å². The van der Waals surface area contributed by atoms with Gasteiger partial charge in [0.25, 0.3) is 5.91 Å². The number of benzene rings is 2. The normalized spacial score (nSPS) is 10.1. The Labute approximate surface area is 139 Å². The molecule has 0 saturated carbocycles. The van der Waals surface area contributed by atoms with Crippen LogP contribution in [-0.2, 0) is 9.53 Å². The number of amides is 1. The van der Waals surface area contributed by atoms with E-state index in [1.165, 1.54) is 6.07 Å². The van der Waals surface area contributed by atoms with E-state index in [0.29, 0.717) is 11.3 Å². The summed E-state index contributed by atoms with van der Waals surface area (Å²) in [5, 5.41) is 2.53. The van der Waals surface area contributed by atoms with Crippen molar-refractivity contribution in [1.82, 2.24) is 0 Å². The number of nitrogens with one attached hydrogen (secondary N) is 1. The third kappa shape index (κ3) is 4.55. The fourth-order valence-corrected chi connectivity index (χ4v) is 1.98. The molecule has 2 rings (SSSR count). The third-order valence-electron chi connectivity index (χ3n) is 3.20. The van der Waals surface area contributed by atoms with Gasteiger partial charge in [-0.25, -0.2) is 9.18 Å². The summed E-state index contributed by atoms with van der Waals surface area (Å²) in [5.41, 5.74) is 1.08. The van der Waals surface area contributed by atoms with E-state index >= 15 is 0 Å². The van der Waals surface area contributed by atoms with Crippen molar-refractivity contribution in [2.45, 2.75) is 13.8 Å². The van der Waals surface area contributed by atoms with Gasteiger partial charge in [-0.1, -0.05) is 18.2 Å². The van der Waals surface area contributed by atoms with Crippen molar-refractivity contribution in [1.29, 1.82) is 0 Å². The van der Waals surface area contributed by atoms with E-state index in [1.807, 2.05) is 0 Å². The van der Waals surface area contributed by atoms with Crippen molar-refractivity contribution in [3.63, 3.8) is 0 Å². The Bertz CT molecular complexity index is 746. The largest absolute Gasteiger partial charge is 0.483 e. The van der Waals surface area contributed by atoms with E-state index < -0.39 is 17.7 Å². The molecule has 0 fully saturated rings. The Kier molecular flexibility index (Phi) is 5.89. The molecule has 0 unspecified atom stereocenters. The highest BCUT2D eigenvalue weighted by molar-refractivity contribution is 5.94. The van der Waals surface area contributed by atoms with Gasteiger partial charge in [0.1, 0.15) is 17.1 Å². The zero-order valence-electron chi connectivity index (χ0n) is 13.5. The van der Waals surface area contributed by atoms with E-state index in [1.54, 1.807) is 50.2 Å². The zero-order valence-corrected chi connectivity index (χ0v) is 13.5. The molecule has 2 aromatic carbocycles. The van der Waals surface area contributed by atoms with Gasteiger partial charge >= 0.3 is 5.97 Å². The molecule has 0 radical (unpaired) electrons. The fourth-order valence-electron chi connectivity index (χ4n) is 1.98. The molecular formula is C18H18FNO4. The molecule has 0 aliphatic carbocycles. The minimum Gasteiger partial charge on any atom is -0.483 e. The van der Waals surface area contributed by atoms with E-state index in [4.69, 9.17) is 9.47 Å². The Morgan fingerprint density at radius 1 is 1.17 bits per heavy atom. The lowest BCUT2D eigenvalue weighted by atomic mass is 10.2. The van der Waals surface area contributed by atoms with Crippen LogP contribution >= 0.6 is 0 Å². The van der Waals surface area contributed by atoms with Gasteiger partial charge in [-0.15, -0.1) is 0 Å². The van der Waals surface area contributed by atoms with Crippen LogP contribution in [0.1, 0.15) is 22.8 Å². The Morgan fingerprint density at radius 2 is 1.92 bits per heavy atom. The number of rotatable bonds is 6. The fraction of sp³-hybridized carbons (Fsp3) is 0.222. The molecule has 24 heavy (non-hydrogen) atoms. The molecular weight excluding hydrogens is 313 g/mol. The first-order valence-corrected chi connectivity index (χ1v) is 7.46. The predicted molar refractivity (Wildman–Crippen MR) is 87.7 cm³/mol.